The quantitative estimate of drug-likeness (QED) is 0.778. The molecule has 3 N–H and O–H groups in total. The number of rotatable bonds is 7. The molecule has 1 aromatic rings. The van der Waals surface area contributed by atoms with Gasteiger partial charge >= 0.3 is 0 Å². The minimum absolute atomic E-state index is 0.226. The molecule has 0 spiro atoms. The molecule has 0 heterocycles. The number of hydrogen-bond donors (Lipinski definition) is 2. The fourth-order valence-electron chi connectivity index (χ4n) is 2.49. The first-order valence-electron chi connectivity index (χ1n) is 7.07. The number of hydrogen-bond acceptors (Lipinski definition) is 2. The number of aryl methyl sites for hydroxylation is 1. The van der Waals surface area contributed by atoms with Crippen LogP contribution in [0.5, 0.6) is 0 Å². The lowest BCUT2D eigenvalue weighted by Gasteiger charge is -2.26. The van der Waals surface area contributed by atoms with Crippen LogP contribution < -0.4 is 11.1 Å². The largest absolute Gasteiger partial charge is 0.327 e. The van der Waals surface area contributed by atoms with Crippen LogP contribution in [0.1, 0.15) is 44.2 Å². The summed E-state index contributed by atoms with van der Waals surface area (Å²) in [7, 11) is 2.00. The van der Waals surface area contributed by atoms with Crippen molar-refractivity contribution >= 4 is 0 Å². The van der Waals surface area contributed by atoms with Crippen molar-refractivity contribution in [2.75, 3.05) is 13.6 Å². The summed E-state index contributed by atoms with van der Waals surface area (Å²) in [5.74, 6) is 1.05. The molecule has 2 atom stereocenters. The van der Waals surface area contributed by atoms with E-state index in [9.17, 15) is 0 Å². The van der Waals surface area contributed by atoms with Gasteiger partial charge in [0.2, 0.25) is 0 Å². The normalized spacial score (nSPS) is 14.8. The average molecular weight is 248 g/mol. The lowest BCUT2D eigenvalue weighted by molar-refractivity contribution is 0.423. The molecule has 0 aliphatic heterocycles. The zero-order chi connectivity index (χ0) is 13.5. The highest BCUT2D eigenvalue weighted by atomic mass is 14.8. The van der Waals surface area contributed by atoms with Gasteiger partial charge in [-0.2, -0.15) is 0 Å². The third kappa shape index (κ3) is 4.43. The molecule has 0 amide bonds. The van der Waals surface area contributed by atoms with E-state index in [4.69, 9.17) is 5.73 Å². The number of likely N-dealkylation sites (N-methyl/N-ethyl adjacent to an activating group) is 1. The fourth-order valence-corrected chi connectivity index (χ4v) is 2.49. The van der Waals surface area contributed by atoms with Crippen molar-refractivity contribution in [1.82, 2.24) is 5.32 Å². The van der Waals surface area contributed by atoms with Crippen LogP contribution in [0.15, 0.2) is 24.3 Å². The highest BCUT2D eigenvalue weighted by Crippen LogP contribution is 2.23. The van der Waals surface area contributed by atoms with Gasteiger partial charge in [0, 0.05) is 18.5 Å². The van der Waals surface area contributed by atoms with Gasteiger partial charge in [0.15, 0.2) is 0 Å². The summed E-state index contributed by atoms with van der Waals surface area (Å²) < 4.78 is 0. The minimum atomic E-state index is 0.226. The Kier molecular flexibility index (Phi) is 6.37. The Labute approximate surface area is 112 Å². The lowest BCUT2D eigenvalue weighted by Crippen LogP contribution is -2.35. The Bertz CT molecular complexity index is 347. The minimum Gasteiger partial charge on any atom is -0.327 e. The summed E-state index contributed by atoms with van der Waals surface area (Å²) in [4.78, 5) is 0. The maximum atomic E-state index is 6.39. The summed E-state index contributed by atoms with van der Waals surface area (Å²) in [6.07, 6.45) is 2.15. The van der Waals surface area contributed by atoms with Gasteiger partial charge in [-0.05, 0) is 36.9 Å². The fraction of sp³-hybridized carbons (Fsp3) is 0.625. The zero-order valence-corrected chi connectivity index (χ0v) is 12.2. The van der Waals surface area contributed by atoms with E-state index < -0.39 is 0 Å². The molecule has 0 fully saturated rings. The maximum absolute atomic E-state index is 6.39. The van der Waals surface area contributed by atoms with E-state index in [0.29, 0.717) is 11.8 Å². The molecule has 102 valence electrons. The molecule has 2 nitrogen and oxygen atoms in total. The second-order valence-electron chi connectivity index (χ2n) is 5.56. The van der Waals surface area contributed by atoms with E-state index in [1.54, 1.807) is 0 Å². The van der Waals surface area contributed by atoms with Gasteiger partial charge in [-0.15, -0.1) is 0 Å². The van der Waals surface area contributed by atoms with Crippen LogP contribution in [0.25, 0.3) is 0 Å². The van der Waals surface area contributed by atoms with Gasteiger partial charge in [-0.3, -0.25) is 0 Å². The SMILES string of the molecule is CCc1cccc(C(CNC)C(N)CC(C)C)c1. The van der Waals surface area contributed by atoms with Crippen molar-refractivity contribution in [3.05, 3.63) is 35.4 Å². The molecule has 0 saturated heterocycles. The number of benzene rings is 1. The molecular formula is C16H28N2. The van der Waals surface area contributed by atoms with Gasteiger partial charge in [-0.25, -0.2) is 0 Å². The monoisotopic (exact) mass is 248 g/mol. The first kappa shape index (κ1) is 15.2. The molecule has 1 aromatic carbocycles. The van der Waals surface area contributed by atoms with Crippen LogP contribution in [-0.4, -0.2) is 19.6 Å². The molecule has 0 aliphatic rings. The topological polar surface area (TPSA) is 38.0 Å². The summed E-state index contributed by atoms with van der Waals surface area (Å²) in [6.45, 7) is 7.61. The second kappa shape index (κ2) is 7.55. The molecule has 0 saturated carbocycles. The molecule has 2 heteroatoms. The van der Waals surface area contributed by atoms with E-state index in [1.165, 1.54) is 11.1 Å². The highest BCUT2D eigenvalue weighted by Gasteiger charge is 2.20. The smallest absolute Gasteiger partial charge is 0.0122 e. The third-order valence-corrected chi connectivity index (χ3v) is 3.47. The van der Waals surface area contributed by atoms with Gasteiger partial charge in [0.1, 0.15) is 0 Å². The first-order chi connectivity index (χ1) is 8.58. The van der Waals surface area contributed by atoms with Crippen LogP contribution in [0.2, 0.25) is 0 Å². The van der Waals surface area contributed by atoms with Crippen LogP contribution in [0, 0.1) is 5.92 Å². The highest BCUT2D eigenvalue weighted by molar-refractivity contribution is 5.28. The Morgan fingerprint density at radius 1 is 1.28 bits per heavy atom. The van der Waals surface area contributed by atoms with Crippen LogP contribution in [-0.2, 0) is 6.42 Å². The van der Waals surface area contributed by atoms with Crippen molar-refractivity contribution in [3.8, 4) is 0 Å². The summed E-state index contributed by atoms with van der Waals surface area (Å²) in [6, 6.07) is 9.08. The Balaban J connectivity index is 2.88. The second-order valence-corrected chi connectivity index (χ2v) is 5.56. The van der Waals surface area contributed by atoms with E-state index in [1.807, 2.05) is 7.05 Å². The van der Waals surface area contributed by atoms with Crippen molar-refractivity contribution < 1.29 is 0 Å². The predicted octanol–water partition coefficient (Wildman–Crippen LogP) is 2.93. The molecule has 18 heavy (non-hydrogen) atoms. The van der Waals surface area contributed by atoms with Crippen LogP contribution in [0.4, 0.5) is 0 Å². The van der Waals surface area contributed by atoms with Crippen molar-refractivity contribution in [1.29, 1.82) is 0 Å². The van der Waals surface area contributed by atoms with E-state index in [0.717, 1.165) is 19.4 Å². The zero-order valence-electron chi connectivity index (χ0n) is 12.2. The molecular weight excluding hydrogens is 220 g/mol. The van der Waals surface area contributed by atoms with Crippen LogP contribution >= 0.6 is 0 Å². The third-order valence-electron chi connectivity index (χ3n) is 3.47. The molecule has 0 bridgehead atoms. The molecule has 0 radical (unpaired) electrons. The first-order valence-corrected chi connectivity index (χ1v) is 7.07. The molecule has 0 aromatic heterocycles. The van der Waals surface area contributed by atoms with E-state index in [-0.39, 0.29) is 6.04 Å². The Morgan fingerprint density at radius 3 is 2.56 bits per heavy atom. The average Bonchev–Trinajstić information content (AvgIpc) is 2.35. The van der Waals surface area contributed by atoms with Gasteiger partial charge in [-0.1, -0.05) is 45.0 Å². The van der Waals surface area contributed by atoms with Crippen LogP contribution in [0.3, 0.4) is 0 Å². The van der Waals surface area contributed by atoms with Crippen molar-refractivity contribution in [3.63, 3.8) is 0 Å². The Hall–Kier alpha value is -0.860. The standard InChI is InChI=1S/C16H28N2/c1-5-13-7-6-8-14(10-13)15(11-18-4)16(17)9-12(2)3/h6-8,10,12,15-16,18H,5,9,11,17H2,1-4H3. The predicted molar refractivity (Wildman–Crippen MR) is 79.9 cm³/mol. The summed E-state index contributed by atoms with van der Waals surface area (Å²) in [5, 5.41) is 3.28. The van der Waals surface area contributed by atoms with Crippen molar-refractivity contribution in [2.24, 2.45) is 11.7 Å². The Morgan fingerprint density at radius 2 is 2.00 bits per heavy atom. The van der Waals surface area contributed by atoms with Gasteiger partial charge in [0.05, 0.1) is 0 Å². The van der Waals surface area contributed by atoms with E-state index >= 15 is 0 Å². The van der Waals surface area contributed by atoms with Gasteiger partial charge in [0.25, 0.3) is 0 Å². The lowest BCUT2D eigenvalue weighted by atomic mass is 9.86. The number of nitrogens with one attached hydrogen (secondary N) is 1. The van der Waals surface area contributed by atoms with Gasteiger partial charge < -0.3 is 11.1 Å². The van der Waals surface area contributed by atoms with Crippen molar-refractivity contribution in [2.45, 2.75) is 45.6 Å². The maximum Gasteiger partial charge on any atom is 0.0122 e. The summed E-state index contributed by atoms with van der Waals surface area (Å²) in [5.41, 5.74) is 9.15. The summed E-state index contributed by atoms with van der Waals surface area (Å²) >= 11 is 0. The number of nitrogens with two attached hydrogens (primary N) is 1. The molecule has 0 aliphatic carbocycles. The molecule has 1 rings (SSSR count). The van der Waals surface area contributed by atoms with E-state index in [2.05, 4.69) is 50.4 Å². The molecule has 2 unspecified atom stereocenters.